The van der Waals surface area contributed by atoms with E-state index in [-0.39, 0.29) is 12.6 Å². The van der Waals surface area contributed by atoms with Crippen molar-refractivity contribution in [3.8, 4) is 5.75 Å². The molecule has 0 amide bonds. The largest absolute Gasteiger partial charge is 0.482 e. The lowest BCUT2D eigenvalue weighted by Gasteiger charge is -2.16. The molecule has 0 saturated carbocycles. The van der Waals surface area contributed by atoms with Gasteiger partial charge in [-0.2, -0.15) is 0 Å². The summed E-state index contributed by atoms with van der Waals surface area (Å²) in [5.41, 5.74) is 2.79. The van der Waals surface area contributed by atoms with Gasteiger partial charge in [-0.15, -0.1) is 0 Å². The predicted molar refractivity (Wildman–Crippen MR) is 83.7 cm³/mol. The molecule has 1 aromatic rings. The monoisotopic (exact) mass is 290 g/mol. The second-order valence-electron chi connectivity index (χ2n) is 5.71. The zero-order valence-corrected chi connectivity index (χ0v) is 13.0. The maximum atomic E-state index is 11.6. The Morgan fingerprint density at radius 1 is 1.10 bits per heavy atom. The molecule has 0 N–H and O–H groups in total. The van der Waals surface area contributed by atoms with Crippen molar-refractivity contribution in [1.29, 1.82) is 0 Å². The second kappa shape index (κ2) is 8.71. The van der Waals surface area contributed by atoms with Crippen LogP contribution in [0.2, 0.25) is 0 Å². The predicted octanol–water partition coefficient (Wildman–Crippen LogP) is 4.07. The van der Waals surface area contributed by atoms with Crippen LogP contribution in [0, 0.1) is 0 Å². The molecule has 0 saturated heterocycles. The number of hydrogen-bond acceptors (Lipinski definition) is 3. The van der Waals surface area contributed by atoms with Crippen LogP contribution in [0.25, 0.3) is 0 Å². The summed E-state index contributed by atoms with van der Waals surface area (Å²) in [6.45, 7) is 2.68. The van der Waals surface area contributed by atoms with Crippen molar-refractivity contribution < 1.29 is 14.3 Å². The number of carbonyl (C=O) groups is 1. The lowest BCUT2D eigenvalue weighted by molar-refractivity contribution is -0.146. The van der Waals surface area contributed by atoms with Gasteiger partial charge in [0.2, 0.25) is 0 Å². The normalized spacial score (nSPS) is 13.6. The molecular formula is C18H26O3. The van der Waals surface area contributed by atoms with Crippen molar-refractivity contribution in [2.45, 2.75) is 58.3 Å². The highest BCUT2D eigenvalue weighted by molar-refractivity contribution is 5.71. The summed E-state index contributed by atoms with van der Waals surface area (Å²) in [5, 5.41) is 0. The highest BCUT2D eigenvalue weighted by Gasteiger charge is 2.11. The minimum absolute atomic E-state index is 0.00651. The third kappa shape index (κ3) is 5.41. The van der Waals surface area contributed by atoms with Crippen molar-refractivity contribution in [2.24, 2.45) is 0 Å². The van der Waals surface area contributed by atoms with Crippen molar-refractivity contribution in [3.05, 3.63) is 29.3 Å². The van der Waals surface area contributed by atoms with E-state index in [0.29, 0.717) is 6.61 Å². The van der Waals surface area contributed by atoms with Crippen LogP contribution in [0.15, 0.2) is 18.2 Å². The lowest BCUT2D eigenvalue weighted by atomic mass is 9.92. The van der Waals surface area contributed by atoms with E-state index in [2.05, 4.69) is 19.1 Å². The summed E-state index contributed by atoms with van der Waals surface area (Å²) in [4.78, 5) is 11.6. The molecule has 3 nitrogen and oxygen atoms in total. The fourth-order valence-electron chi connectivity index (χ4n) is 2.70. The maximum Gasteiger partial charge on any atom is 0.344 e. The van der Waals surface area contributed by atoms with E-state index in [1.807, 2.05) is 6.07 Å². The molecule has 1 aliphatic carbocycles. The van der Waals surface area contributed by atoms with Crippen LogP contribution < -0.4 is 4.74 Å². The molecule has 1 aromatic carbocycles. The highest BCUT2D eigenvalue weighted by atomic mass is 16.6. The van der Waals surface area contributed by atoms with E-state index in [1.165, 1.54) is 36.8 Å². The van der Waals surface area contributed by atoms with Crippen molar-refractivity contribution in [1.82, 2.24) is 0 Å². The van der Waals surface area contributed by atoms with E-state index in [1.54, 1.807) is 0 Å². The van der Waals surface area contributed by atoms with Crippen LogP contribution in [0.1, 0.15) is 56.6 Å². The zero-order valence-electron chi connectivity index (χ0n) is 13.0. The molecule has 0 aromatic heterocycles. The molecule has 1 aliphatic rings. The van der Waals surface area contributed by atoms with Gasteiger partial charge < -0.3 is 9.47 Å². The van der Waals surface area contributed by atoms with E-state index >= 15 is 0 Å². The number of aryl methyl sites for hydroxylation is 2. The molecule has 116 valence electrons. The fourth-order valence-corrected chi connectivity index (χ4v) is 2.70. The second-order valence-corrected chi connectivity index (χ2v) is 5.71. The Hall–Kier alpha value is -1.51. The van der Waals surface area contributed by atoms with Gasteiger partial charge in [-0.1, -0.05) is 32.3 Å². The Morgan fingerprint density at radius 3 is 2.71 bits per heavy atom. The number of unbranched alkanes of at least 4 members (excludes halogenated alkanes) is 3. The first kappa shape index (κ1) is 15.9. The summed E-state index contributed by atoms with van der Waals surface area (Å²) in [6, 6.07) is 6.15. The van der Waals surface area contributed by atoms with Gasteiger partial charge in [-0.25, -0.2) is 4.79 Å². The number of hydrogen-bond donors (Lipinski definition) is 0. The number of carbonyl (C=O) groups excluding carboxylic acids is 1. The van der Waals surface area contributed by atoms with Gasteiger partial charge >= 0.3 is 5.97 Å². The van der Waals surface area contributed by atoms with Crippen LogP contribution in [0.3, 0.4) is 0 Å². The van der Waals surface area contributed by atoms with Crippen molar-refractivity contribution in [2.75, 3.05) is 13.2 Å². The first-order valence-corrected chi connectivity index (χ1v) is 8.20. The van der Waals surface area contributed by atoms with Crippen LogP contribution in [0.4, 0.5) is 0 Å². The Labute approximate surface area is 127 Å². The Balaban J connectivity index is 1.69. The molecule has 21 heavy (non-hydrogen) atoms. The van der Waals surface area contributed by atoms with Crippen LogP contribution in [-0.4, -0.2) is 19.2 Å². The SMILES string of the molecule is CCCCCCOC(=O)COc1ccc2c(c1)CCCC2. The summed E-state index contributed by atoms with van der Waals surface area (Å²) in [7, 11) is 0. The van der Waals surface area contributed by atoms with E-state index in [4.69, 9.17) is 9.47 Å². The minimum Gasteiger partial charge on any atom is -0.482 e. The van der Waals surface area contributed by atoms with Crippen molar-refractivity contribution >= 4 is 5.97 Å². The quantitative estimate of drug-likeness (QED) is 0.535. The molecule has 2 rings (SSSR count). The van der Waals surface area contributed by atoms with E-state index in [0.717, 1.165) is 31.4 Å². The smallest absolute Gasteiger partial charge is 0.344 e. The number of fused-ring (bicyclic) bond motifs is 1. The van der Waals surface area contributed by atoms with Gasteiger partial charge in [0.05, 0.1) is 6.61 Å². The molecule has 0 aliphatic heterocycles. The first-order valence-electron chi connectivity index (χ1n) is 8.20. The summed E-state index contributed by atoms with van der Waals surface area (Å²) >= 11 is 0. The number of benzene rings is 1. The Morgan fingerprint density at radius 2 is 1.90 bits per heavy atom. The molecule has 0 spiro atoms. The Bertz CT molecular complexity index is 454. The molecule has 0 heterocycles. The van der Waals surface area contributed by atoms with Gasteiger partial charge in [0.1, 0.15) is 5.75 Å². The zero-order chi connectivity index (χ0) is 14.9. The number of esters is 1. The third-order valence-corrected chi connectivity index (χ3v) is 3.94. The summed E-state index contributed by atoms with van der Waals surface area (Å²) in [5.74, 6) is 0.503. The first-order chi connectivity index (χ1) is 10.3. The van der Waals surface area contributed by atoms with Crippen LogP contribution in [-0.2, 0) is 22.4 Å². The van der Waals surface area contributed by atoms with Crippen molar-refractivity contribution in [3.63, 3.8) is 0 Å². The van der Waals surface area contributed by atoms with E-state index < -0.39 is 0 Å². The standard InChI is InChI=1S/C18H26O3/c1-2-3-4-7-12-20-18(19)14-21-17-11-10-15-8-5-6-9-16(15)13-17/h10-11,13H,2-9,12,14H2,1H3. The molecule has 0 atom stereocenters. The van der Waals surface area contributed by atoms with Gasteiger partial charge in [-0.05, 0) is 55.4 Å². The van der Waals surface area contributed by atoms with Crippen LogP contribution in [0.5, 0.6) is 5.75 Å². The van der Waals surface area contributed by atoms with E-state index in [9.17, 15) is 4.79 Å². The Kier molecular flexibility index (Phi) is 6.58. The van der Waals surface area contributed by atoms with Gasteiger partial charge in [0.15, 0.2) is 6.61 Å². The van der Waals surface area contributed by atoms with Gasteiger partial charge in [-0.3, -0.25) is 0 Å². The fraction of sp³-hybridized carbons (Fsp3) is 0.611. The third-order valence-electron chi connectivity index (χ3n) is 3.94. The average molecular weight is 290 g/mol. The summed E-state index contributed by atoms with van der Waals surface area (Å²) in [6.07, 6.45) is 9.25. The molecule has 0 bridgehead atoms. The molecule has 0 unspecified atom stereocenters. The number of rotatable bonds is 8. The molecule has 3 heteroatoms. The molecular weight excluding hydrogens is 264 g/mol. The average Bonchev–Trinajstić information content (AvgIpc) is 2.52. The molecule has 0 radical (unpaired) electrons. The lowest BCUT2D eigenvalue weighted by Crippen LogP contribution is -2.15. The summed E-state index contributed by atoms with van der Waals surface area (Å²) < 4.78 is 10.7. The van der Waals surface area contributed by atoms with Gasteiger partial charge in [0, 0.05) is 0 Å². The maximum absolute atomic E-state index is 11.6. The highest BCUT2D eigenvalue weighted by Crippen LogP contribution is 2.25. The van der Waals surface area contributed by atoms with Gasteiger partial charge in [0.25, 0.3) is 0 Å². The minimum atomic E-state index is -0.274. The molecule has 0 fully saturated rings. The van der Waals surface area contributed by atoms with Crippen LogP contribution >= 0.6 is 0 Å². The number of ether oxygens (including phenoxy) is 2. The topological polar surface area (TPSA) is 35.5 Å².